The van der Waals surface area contributed by atoms with E-state index < -0.39 is 0 Å². The van der Waals surface area contributed by atoms with Gasteiger partial charge >= 0.3 is 0 Å². The predicted octanol–water partition coefficient (Wildman–Crippen LogP) is 3.61. The first-order valence-electron chi connectivity index (χ1n) is 10.7. The predicted molar refractivity (Wildman–Crippen MR) is 122 cm³/mol. The molecule has 1 fully saturated rings. The Balaban J connectivity index is 1.52. The zero-order valence-electron chi connectivity index (χ0n) is 17.8. The van der Waals surface area contributed by atoms with Gasteiger partial charge in [-0.15, -0.1) is 11.3 Å². The van der Waals surface area contributed by atoms with E-state index in [0.717, 1.165) is 36.0 Å². The van der Waals surface area contributed by atoms with Gasteiger partial charge in [0.25, 0.3) is 0 Å². The van der Waals surface area contributed by atoms with Crippen molar-refractivity contribution in [3.63, 3.8) is 0 Å². The molecule has 0 bridgehead atoms. The van der Waals surface area contributed by atoms with Gasteiger partial charge in [0.15, 0.2) is 5.82 Å². The van der Waals surface area contributed by atoms with Crippen LogP contribution in [0.3, 0.4) is 0 Å². The monoisotopic (exact) mass is 440 g/mol. The van der Waals surface area contributed by atoms with Crippen LogP contribution < -0.4 is 10.6 Å². The summed E-state index contributed by atoms with van der Waals surface area (Å²) in [5, 5.41) is 35.0. The average Bonchev–Trinajstić information content (AvgIpc) is 3.42. The minimum absolute atomic E-state index is 0.0943. The fraction of sp³-hybridized carbons (Fsp3) is 0.524. The lowest BCUT2D eigenvalue weighted by molar-refractivity contribution is 0.0858. The van der Waals surface area contributed by atoms with Crippen molar-refractivity contribution in [1.82, 2.24) is 25.1 Å². The van der Waals surface area contributed by atoms with E-state index in [1.807, 2.05) is 11.4 Å². The number of anilines is 3. The van der Waals surface area contributed by atoms with Gasteiger partial charge < -0.3 is 15.7 Å². The molecule has 1 aliphatic heterocycles. The summed E-state index contributed by atoms with van der Waals surface area (Å²) in [6, 6.07) is 7.14. The van der Waals surface area contributed by atoms with Crippen LogP contribution in [0.2, 0.25) is 0 Å². The highest BCUT2D eigenvalue weighted by molar-refractivity contribution is 7.16. The second kappa shape index (κ2) is 9.60. The van der Waals surface area contributed by atoms with Crippen LogP contribution >= 0.6 is 11.3 Å². The highest BCUT2D eigenvalue weighted by Crippen LogP contribution is 2.31. The molecule has 3 atom stereocenters. The molecule has 9 nitrogen and oxygen atoms in total. The van der Waals surface area contributed by atoms with Gasteiger partial charge in [0.2, 0.25) is 5.95 Å². The third-order valence-electron chi connectivity index (χ3n) is 5.88. The van der Waals surface area contributed by atoms with E-state index in [1.165, 1.54) is 0 Å². The lowest BCUT2D eigenvalue weighted by Crippen LogP contribution is -2.51. The van der Waals surface area contributed by atoms with Crippen molar-refractivity contribution < 1.29 is 5.11 Å². The molecule has 1 saturated heterocycles. The Bertz CT molecular complexity index is 1060. The molecule has 0 radical (unpaired) electrons. The summed E-state index contributed by atoms with van der Waals surface area (Å²) in [5.74, 6) is 1.90. The topological polar surface area (TPSA) is 126 Å². The van der Waals surface area contributed by atoms with Gasteiger partial charge in [0, 0.05) is 37.2 Å². The third kappa shape index (κ3) is 4.79. The number of aromatic nitrogens is 4. The Kier molecular flexibility index (Phi) is 6.65. The summed E-state index contributed by atoms with van der Waals surface area (Å²) >= 11 is 1.57. The molecule has 4 heterocycles. The average molecular weight is 441 g/mol. The van der Waals surface area contributed by atoms with Gasteiger partial charge in [-0.25, -0.2) is 4.98 Å². The molecule has 3 aromatic rings. The van der Waals surface area contributed by atoms with E-state index in [4.69, 9.17) is 15.2 Å². The van der Waals surface area contributed by atoms with Gasteiger partial charge in [-0.1, -0.05) is 6.92 Å². The molecule has 4 N–H and O–H groups in total. The van der Waals surface area contributed by atoms with E-state index in [0.29, 0.717) is 41.8 Å². The fourth-order valence-corrected chi connectivity index (χ4v) is 5.16. The number of aliphatic hydroxyl groups is 1. The molecule has 1 aliphatic rings. The minimum atomic E-state index is -0.0943. The number of nitrogens with one attached hydrogen (secondary N) is 3. The van der Waals surface area contributed by atoms with E-state index in [1.54, 1.807) is 17.4 Å². The van der Waals surface area contributed by atoms with Crippen LogP contribution in [-0.2, 0) is 6.61 Å². The van der Waals surface area contributed by atoms with Crippen LogP contribution in [0.5, 0.6) is 0 Å². The molecule has 0 amide bonds. The van der Waals surface area contributed by atoms with Crippen LogP contribution in [0.15, 0.2) is 17.5 Å². The summed E-state index contributed by atoms with van der Waals surface area (Å²) < 4.78 is 0. The number of H-pyrrole nitrogens is 1. The van der Waals surface area contributed by atoms with E-state index >= 15 is 0 Å². The Morgan fingerprint density at radius 1 is 1.39 bits per heavy atom. The Labute approximate surface area is 185 Å². The van der Waals surface area contributed by atoms with Crippen molar-refractivity contribution >= 4 is 39.1 Å². The summed E-state index contributed by atoms with van der Waals surface area (Å²) in [6.07, 6.45) is 3.60. The number of hydrogen-bond donors (Lipinski definition) is 4. The highest BCUT2D eigenvalue weighted by Gasteiger charge is 2.32. The first-order valence-corrected chi connectivity index (χ1v) is 11.6. The normalized spacial score (nSPS) is 21.8. The number of thiophene rings is 1. The molecule has 164 valence electrons. The number of piperidine rings is 1. The van der Waals surface area contributed by atoms with Gasteiger partial charge in [-0.05, 0) is 37.6 Å². The Morgan fingerprint density at radius 2 is 2.26 bits per heavy atom. The van der Waals surface area contributed by atoms with Crippen LogP contribution in [0.25, 0.3) is 10.2 Å². The van der Waals surface area contributed by atoms with Crippen molar-refractivity contribution in [3.8, 4) is 6.07 Å². The molecular weight excluding hydrogens is 412 g/mol. The smallest absolute Gasteiger partial charge is 0.226 e. The molecule has 31 heavy (non-hydrogen) atoms. The highest BCUT2D eigenvalue weighted by atomic mass is 32.1. The maximum atomic E-state index is 9.26. The summed E-state index contributed by atoms with van der Waals surface area (Å²) in [7, 11) is 0. The van der Waals surface area contributed by atoms with Crippen LogP contribution in [0.4, 0.5) is 17.6 Å². The molecular formula is C21H28N8OS. The maximum Gasteiger partial charge on any atom is 0.226 e. The minimum Gasteiger partial charge on any atom is -0.390 e. The van der Waals surface area contributed by atoms with Crippen molar-refractivity contribution in [3.05, 3.63) is 23.2 Å². The van der Waals surface area contributed by atoms with Gasteiger partial charge in [-0.3, -0.25) is 10.00 Å². The molecule has 3 aromatic heterocycles. The van der Waals surface area contributed by atoms with Gasteiger partial charge in [0.05, 0.1) is 23.8 Å². The number of nitriles is 1. The van der Waals surface area contributed by atoms with Gasteiger partial charge in [0.1, 0.15) is 10.6 Å². The van der Waals surface area contributed by atoms with Crippen molar-refractivity contribution in [2.24, 2.45) is 0 Å². The molecule has 0 spiro atoms. The molecule has 0 saturated carbocycles. The second-order valence-electron chi connectivity index (χ2n) is 7.97. The van der Waals surface area contributed by atoms with Crippen LogP contribution in [-0.4, -0.2) is 54.8 Å². The zero-order valence-corrected chi connectivity index (χ0v) is 18.6. The first kappa shape index (κ1) is 21.5. The van der Waals surface area contributed by atoms with Gasteiger partial charge in [-0.2, -0.15) is 15.3 Å². The lowest BCUT2D eigenvalue weighted by atomic mass is 9.90. The summed E-state index contributed by atoms with van der Waals surface area (Å²) in [4.78, 5) is 12.8. The molecule has 4 rings (SSSR count). The number of fused-ring (bicyclic) bond motifs is 1. The zero-order chi connectivity index (χ0) is 21.8. The lowest BCUT2D eigenvalue weighted by Gasteiger charge is -2.43. The molecule has 0 aromatic carbocycles. The first-order chi connectivity index (χ1) is 15.1. The Morgan fingerprint density at radius 3 is 3.00 bits per heavy atom. The number of hydrogen-bond acceptors (Lipinski definition) is 9. The van der Waals surface area contributed by atoms with Crippen molar-refractivity contribution in [1.29, 1.82) is 5.26 Å². The molecule has 10 heteroatoms. The Hall–Kier alpha value is -2.74. The van der Waals surface area contributed by atoms with Crippen molar-refractivity contribution in [2.75, 3.05) is 17.2 Å². The van der Waals surface area contributed by atoms with E-state index in [-0.39, 0.29) is 12.6 Å². The summed E-state index contributed by atoms with van der Waals surface area (Å²) in [5.41, 5.74) is 0.638. The van der Waals surface area contributed by atoms with E-state index in [9.17, 15) is 5.11 Å². The quantitative estimate of drug-likeness (QED) is 0.418. The van der Waals surface area contributed by atoms with Crippen LogP contribution in [0.1, 0.15) is 45.2 Å². The second-order valence-corrected chi connectivity index (χ2v) is 8.86. The van der Waals surface area contributed by atoms with Crippen LogP contribution in [0, 0.1) is 11.3 Å². The number of aliphatic hydroxyl groups excluding tert-OH is 1. The third-order valence-corrected chi connectivity index (χ3v) is 6.68. The number of nitrogens with zero attached hydrogens (tertiary/aromatic N) is 5. The molecule has 0 unspecified atom stereocenters. The number of aromatic amines is 1. The fourth-order valence-electron chi connectivity index (χ4n) is 4.39. The number of rotatable bonds is 8. The largest absolute Gasteiger partial charge is 0.390 e. The molecule has 0 aliphatic carbocycles. The summed E-state index contributed by atoms with van der Waals surface area (Å²) in [6.45, 7) is 5.18. The maximum absolute atomic E-state index is 9.26. The standard InChI is InChI=1S/C21H28N8OS/c1-3-16-10-14(9-13(2)29(16)7-4-6-22)23-21-25-19(17-5-8-31-20(17)26-21)24-18-11-15(12-30)27-28-18/h5,8,11,13-14,16,30H,3-4,7,9-10,12H2,1-2H3,(H3,23,24,25,26,27,28)/t13-,14-,16+/m1/s1. The SMILES string of the molecule is CC[C@H]1C[C@H](Nc2nc(Nc3cc(CO)[nH]n3)c3ccsc3n2)C[C@@H](C)N1CCC#N. The van der Waals surface area contributed by atoms with Crippen molar-refractivity contribution in [2.45, 2.75) is 64.3 Å². The van der Waals surface area contributed by atoms with E-state index in [2.05, 4.69) is 45.6 Å². The number of likely N-dealkylation sites (tertiary alicyclic amines) is 1.